The van der Waals surface area contributed by atoms with Crippen molar-refractivity contribution in [2.75, 3.05) is 59.0 Å². The highest BCUT2D eigenvalue weighted by Crippen LogP contribution is 2.32. The third kappa shape index (κ3) is 30.3. The zero-order valence-corrected chi connectivity index (χ0v) is 82.5. The molecule has 22 nitrogen and oxygen atoms in total. The second-order valence-electron chi connectivity index (χ2n) is 35.0. The summed E-state index contributed by atoms with van der Waals surface area (Å²) in [7, 11) is -16.0. The molecule has 14 rings (SSSR count). The van der Waals surface area contributed by atoms with Gasteiger partial charge in [0.2, 0.25) is 11.8 Å². The van der Waals surface area contributed by atoms with Gasteiger partial charge in [-0.05, 0) is 228 Å². The molecule has 2 unspecified atom stereocenters. The third-order valence-corrected chi connectivity index (χ3v) is 29.8. The first-order chi connectivity index (χ1) is 66.8. The highest BCUT2D eigenvalue weighted by molar-refractivity contribution is 7.91. The van der Waals surface area contributed by atoms with Crippen molar-refractivity contribution in [1.82, 2.24) is 9.80 Å². The Morgan fingerprint density at radius 3 is 1.01 bits per heavy atom. The molecule has 2 aliphatic heterocycles. The van der Waals surface area contributed by atoms with Crippen LogP contribution in [0.5, 0.6) is 0 Å². The van der Waals surface area contributed by atoms with Gasteiger partial charge in [0.05, 0.1) is 57.3 Å². The lowest BCUT2D eigenvalue weighted by molar-refractivity contribution is -0.119. The van der Waals surface area contributed by atoms with E-state index in [9.17, 15) is 81.1 Å². The summed E-state index contributed by atoms with van der Waals surface area (Å²) in [6.07, 6.45) is 2.67. The Labute approximate surface area is 824 Å². The summed E-state index contributed by atoms with van der Waals surface area (Å²) in [5.41, 5.74) is 16.7. The normalized spacial score (nSPS) is 12.4. The van der Waals surface area contributed by atoms with Crippen molar-refractivity contribution in [2.45, 2.75) is 122 Å². The lowest BCUT2D eigenvalue weighted by Gasteiger charge is -2.28. The van der Waals surface area contributed by atoms with E-state index in [2.05, 4.69) is 30.3 Å². The van der Waals surface area contributed by atoms with E-state index in [-0.39, 0.29) is 132 Å². The van der Waals surface area contributed by atoms with Crippen LogP contribution in [0.3, 0.4) is 0 Å². The molecule has 720 valence electrons. The number of carbonyl (C=O) groups is 8. The van der Waals surface area contributed by atoms with Crippen LogP contribution in [-0.4, -0.2) is 148 Å². The smallest absolute Gasteiger partial charge is 0.264 e. The predicted molar refractivity (Wildman–Crippen MR) is 547 cm³/mol. The van der Waals surface area contributed by atoms with Crippen molar-refractivity contribution in [3.05, 3.63) is 415 Å². The van der Waals surface area contributed by atoms with Gasteiger partial charge in [0.15, 0.2) is 37.0 Å². The summed E-state index contributed by atoms with van der Waals surface area (Å²) in [6.45, 7) is 14.1. The summed E-state index contributed by atoms with van der Waals surface area (Å²) in [4.78, 5) is 114. The Morgan fingerprint density at radius 2 is 0.657 bits per heavy atom. The topological polar surface area (TPSA) is 327 Å². The van der Waals surface area contributed by atoms with Crippen LogP contribution < -0.4 is 9.80 Å². The fourth-order valence-electron chi connectivity index (χ4n) is 16.1. The number of sulfone groups is 2. The first-order valence-corrected chi connectivity index (χ1v) is 52.7. The molecule has 12 aromatic carbocycles. The Hall–Kier alpha value is -13.9. The SMILES string of the molecule is C=C(CCc1ccc(C)cc1)C(=O)c1ccc(C(=O)N(CCCS(=O)(=O)O)CCC(=O)N2Cc3ccccc3C#Cc3ccccc32)cc1.Cc1ccc(CCC(CS(=O)(=O)c2ccc(C)cc2)C(=O)c2ccc(C(=O)Cl)cc2)cc1.Cc1ccc(CCC(CS(=O)(=O)c2ccc(C)cc2)C(=O)c2ccc(C(=O)N(CCCS(=O)(=O)O)CCC(=O)N3Cc4ccccc4C#Cc4ccccc43)cc2)cc1. The molecule has 0 radical (unpaired) electrons. The number of carbonyl (C=O) groups excluding carboxylic acids is 8. The van der Waals surface area contributed by atoms with E-state index in [1.54, 1.807) is 82.6 Å². The molecule has 4 amide bonds. The number of nitrogens with zero attached hydrogens (tertiary/aromatic N) is 4. The quantitative estimate of drug-likeness (QED) is 0.0119. The Morgan fingerprint density at radius 1 is 0.357 bits per heavy atom. The minimum Gasteiger partial charge on any atom is -0.338 e. The third-order valence-electron chi connectivity index (χ3n) is 24.3. The van der Waals surface area contributed by atoms with Gasteiger partial charge in [-0.1, -0.05) is 252 Å². The molecule has 12 aromatic rings. The number of amides is 4. The van der Waals surface area contributed by atoms with Crippen molar-refractivity contribution in [3.63, 3.8) is 0 Å². The van der Waals surface area contributed by atoms with Crippen LogP contribution in [0.2, 0.25) is 0 Å². The summed E-state index contributed by atoms with van der Waals surface area (Å²) in [5.74, 6) is 7.06. The van der Waals surface area contributed by atoms with Crippen LogP contribution in [0.25, 0.3) is 0 Å². The van der Waals surface area contributed by atoms with E-state index < -0.39 is 86.1 Å². The average Bonchev–Trinajstić information content (AvgIpc) is 0.618. The lowest BCUT2D eigenvalue weighted by atomic mass is 9.92. The van der Waals surface area contributed by atoms with Crippen LogP contribution >= 0.6 is 11.6 Å². The van der Waals surface area contributed by atoms with Gasteiger partial charge >= 0.3 is 0 Å². The number of allylic oxidation sites excluding steroid dienone is 1. The zero-order chi connectivity index (χ0) is 100. The molecule has 0 spiro atoms. The number of ketones is 3. The largest absolute Gasteiger partial charge is 0.338 e. The number of anilines is 2. The minimum atomic E-state index is -4.32. The Bertz CT molecular complexity index is 7180. The van der Waals surface area contributed by atoms with Gasteiger partial charge in [-0.15, -0.1) is 0 Å². The van der Waals surface area contributed by atoms with Gasteiger partial charge < -0.3 is 19.6 Å². The van der Waals surface area contributed by atoms with Crippen LogP contribution in [0.15, 0.2) is 313 Å². The van der Waals surface area contributed by atoms with Gasteiger partial charge in [0.25, 0.3) is 37.3 Å². The molecule has 2 atom stereocenters. The number of Topliss-reactive ketones (excluding diaryl/α,β-unsaturated/α-hetero) is 3. The number of halogens is 1. The number of hydrogen-bond donors (Lipinski definition) is 2. The summed E-state index contributed by atoms with van der Waals surface area (Å²) in [6, 6.07) is 85.2. The Kier molecular flexibility index (Phi) is 36.4. The molecule has 140 heavy (non-hydrogen) atoms. The highest BCUT2D eigenvalue weighted by Gasteiger charge is 2.33. The van der Waals surface area contributed by atoms with Gasteiger partial charge in [-0.3, -0.25) is 47.5 Å². The van der Waals surface area contributed by atoms with Crippen molar-refractivity contribution in [3.8, 4) is 23.7 Å². The number of benzene rings is 12. The standard InChI is InChI=1S/C47H46N2O8S2.C40H38N2O6S.C26H25ClO4S/c1-34-12-16-36(17-13-34)18-19-42(33-58(53,54)43-26-14-35(2)15-27-43)46(51)39-22-24-40(25-23-39)47(52)48(29-7-31-59(55,56)57)30-28-45(50)49-32-41-10-4-3-8-37(41)20-21-38-9-5-6-11-44(38)49;1-29-12-15-31(16-13-29)17-14-30(2)39(44)34-20-22-35(23-21-34)40(45)41(25-7-27-49(46,47)48)26-24-38(43)42-28-36-10-4-3-8-32(36)18-19-33-9-5-6-11-37(33)42;1-18-3-7-20(8-4-18)9-10-23(17-32(30,31)24-15-5-19(2)6-16-24)25(28)21-11-13-22(14-12-21)26(27)29/h3-6,8-17,22-27,42H,7,18-19,28-33H2,1-2H3,(H,55,56,57);3-6,8-13,15-16,20-23H,2,7,14,17,24-28H2,1H3,(H,46,47,48);3-8,11-16,23H,9-10,17H2,1-2H3. The van der Waals surface area contributed by atoms with Gasteiger partial charge in [0.1, 0.15) is 0 Å². The number of hydrogen-bond acceptors (Lipinski definition) is 16. The van der Waals surface area contributed by atoms with E-state index in [0.717, 1.165) is 66.8 Å². The molecule has 2 aliphatic rings. The summed E-state index contributed by atoms with van der Waals surface area (Å²) < 4.78 is 118. The molecule has 0 aliphatic carbocycles. The van der Waals surface area contributed by atoms with Crippen molar-refractivity contribution in [1.29, 1.82) is 0 Å². The zero-order valence-electron chi connectivity index (χ0n) is 78.4. The fraction of sp³-hybridized carbons (Fsp3) is 0.239. The number of rotatable bonds is 38. The molecule has 0 saturated heterocycles. The molecule has 0 aromatic heterocycles. The van der Waals surface area contributed by atoms with Crippen molar-refractivity contribution >= 4 is 109 Å². The maximum absolute atomic E-state index is 14.1. The van der Waals surface area contributed by atoms with Gasteiger partial charge in [-0.25, -0.2) is 16.8 Å². The van der Waals surface area contributed by atoms with Crippen molar-refractivity contribution < 1.29 is 81.1 Å². The van der Waals surface area contributed by atoms with E-state index in [1.165, 1.54) is 58.3 Å². The van der Waals surface area contributed by atoms with E-state index in [0.29, 0.717) is 77.9 Å². The van der Waals surface area contributed by atoms with E-state index >= 15 is 0 Å². The summed E-state index contributed by atoms with van der Waals surface area (Å²) in [5, 5.41) is -0.609. The second kappa shape index (κ2) is 48.6. The second-order valence-corrected chi connectivity index (χ2v) is 42.5. The summed E-state index contributed by atoms with van der Waals surface area (Å²) >= 11 is 5.49. The minimum absolute atomic E-state index is 0.00559. The van der Waals surface area contributed by atoms with Crippen molar-refractivity contribution in [2.24, 2.45) is 11.8 Å². The number of para-hydroxylation sites is 2. The molecular weight excluding hydrogens is 1860 g/mol. The van der Waals surface area contributed by atoms with Gasteiger partial charge in [-0.2, -0.15) is 16.8 Å². The number of fused-ring (bicyclic) bond motifs is 4. The highest BCUT2D eigenvalue weighted by atomic mass is 35.5. The maximum atomic E-state index is 14.1. The van der Waals surface area contributed by atoms with E-state index in [1.807, 2.05) is 204 Å². The molecule has 0 bridgehead atoms. The predicted octanol–water partition coefficient (Wildman–Crippen LogP) is 19.3. The molecule has 0 fully saturated rings. The molecule has 0 saturated carbocycles. The van der Waals surface area contributed by atoms with Crippen LogP contribution in [-0.2, 0) is 81.9 Å². The van der Waals surface area contributed by atoms with Gasteiger partial charge in [0, 0.05) is 106 Å². The number of aryl methyl sites for hydroxylation is 8. The molecular formula is C113H109ClN4O18S4. The average molecular weight is 1970 g/mol. The van der Waals surface area contributed by atoms with Crippen LogP contribution in [0.1, 0.15) is 185 Å². The monoisotopic (exact) mass is 1970 g/mol. The lowest BCUT2D eigenvalue weighted by Crippen LogP contribution is -2.38. The Balaban J connectivity index is 0.000000196. The van der Waals surface area contributed by atoms with Crippen LogP contribution in [0.4, 0.5) is 11.4 Å². The van der Waals surface area contributed by atoms with Crippen LogP contribution in [0, 0.1) is 70.1 Å². The van der Waals surface area contributed by atoms with E-state index in [4.69, 9.17) is 11.6 Å². The first-order valence-electron chi connectivity index (χ1n) is 45.8. The fourth-order valence-corrected chi connectivity index (χ4v) is 20.4. The molecule has 2 N–H and O–H groups in total. The molecule has 2 heterocycles. The molecule has 27 heteroatoms. The maximum Gasteiger partial charge on any atom is 0.264 e. The first kappa shape index (κ1) is 105.